The molecule has 0 saturated carbocycles. The summed E-state index contributed by atoms with van der Waals surface area (Å²) in [5.41, 5.74) is 3.49. The normalized spacial score (nSPS) is 16.7. The molecule has 0 bridgehead atoms. The molecule has 134 valence electrons. The Labute approximate surface area is 165 Å². The highest BCUT2D eigenvalue weighted by Gasteiger charge is 2.31. The molecular weight excluding hydrogens is 414 g/mol. The zero-order chi connectivity index (χ0) is 18.8. The fourth-order valence-corrected chi connectivity index (χ4v) is 3.47. The zero-order valence-electron chi connectivity index (χ0n) is 14.3. The highest BCUT2D eigenvalue weighted by atomic mass is 79.9. The van der Waals surface area contributed by atoms with E-state index in [9.17, 15) is 9.90 Å². The van der Waals surface area contributed by atoms with Crippen LogP contribution in [0.2, 0.25) is 0 Å². The van der Waals surface area contributed by atoms with Crippen molar-refractivity contribution in [3.63, 3.8) is 0 Å². The van der Waals surface area contributed by atoms with E-state index in [-0.39, 0.29) is 11.7 Å². The van der Waals surface area contributed by atoms with Crippen molar-refractivity contribution in [3.05, 3.63) is 69.3 Å². The van der Waals surface area contributed by atoms with Crippen molar-refractivity contribution >= 4 is 44.9 Å². The summed E-state index contributed by atoms with van der Waals surface area (Å²) in [5.74, 6) is -0.179. The number of hydrogen-bond acceptors (Lipinski definition) is 3. The number of phenols is 1. The first-order valence-corrected chi connectivity index (χ1v) is 9.20. The van der Waals surface area contributed by atoms with Gasteiger partial charge in [-0.25, -0.2) is 0 Å². The Bertz CT molecular complexity index is 910. The van der Waals surface area contributed by atoms with E-state index in [1.54, 1.807) is 25.1 Å². The first kappa shape index (κ1) is 18.4. The van der Waals surface area contributed by atoms with Crippen LogP contribution in [0.5, 0.6) is 5.75 Å². The van der Waals surface area contributed by atoms with Crippen molar-refractivity contribution in [2.75, 3.05) is 5.32 Å². The van der Waals surface area contributed by atoms with Gasteiger partial charge in [-0.05, 0) is 56.4 Å². The lowest BCUT2D eigenvalue weighted by atomic mass is 9.94. The number of hydrogen-bond donors (Lipinski definition) is 4. The van der Waals surface area contributed by atoms with Crippen LogP contribution in [0.25, 0.3) is 0 Å². The zero-order valence-corrected chi connectivity index (χ0v) is 16.7. The average Bonchev–Trinajstić information content (AvgIpc) is 2.58. The van der Waals surface area contributed by atoms with Crippen LogP contribution in [0.4, 0.5) is 5.69 Å². The molecule has 0 radical (unpaired) electrons. The molecule has 0 saturated heterocycles. The number of amides is 1. The van der Waals surface area contributed by atoms with Crippen LogP contribution < -0.4 is 16.0 Å². The third-order valence-electron chi connectivity index (χ3n) is 4.12. The van der Waals surface area contributed by atoms with Gasteiger partial charge >= 0.3 is 0 Å². The second-order valence-corrected chi connectivity index (χ2v) is 7.42. The van der Waals surface area contributed by atoms with E-state index < -0.39 is 6.04 Å². The van der Waals surface area contributed by atoms with Gasteiger partial charge in [-0.3, -0.25) is 4.79 Å². The summed E-state index contributed by atoms with van der Waals surface area (Å²) in [6.07, 6.45) is 0. The van der Waals surface area contributed by atoms with Gasteiger partial charge in [0.05, 0.1) is 11.6 Å². The molecule has 1 aliphatic heterocycles. The molecular formula is C19H18BrN3O2S. The van der Waals surface area contributed by atoms with Gasteiger partial charge in [0.25, 0.3) is 5.91 Å². The van der Waals surface area contributed by atoms with Gasteiger partial charge in [0, 0.05) is 21.4 Å². The molecule has 4 N–H and O–H groups in total. The molecule has 2 aromatic rings. The predicted molar refractivity (Wildman–Crippen MR) is 110 cm³/mol. The summed E-state index contributed by atoms with van der Waals surface area (Å²) in [5, 5.41) is 19.7. The minimum absolute atomic E-state index is 0.0869. The van der Waals surface area contributed by atoms with E-state index in [2.05, 4.69) is 31.9 Å². The van der Waals surface area contributed by atoms with Crippen LogP contribution in [0.3, 0.4) is 0 Å². The van der Waals surface area contributed by atoms with Crippen LogP contribution in [-0.4, -0.2) is 16.1 Å². The number of halogens is 1. The average molecular weight is 432 g/mol. The third-order valence-corrected chi connectivity index (χ3v) is 4.84. The minimum Gasteiger partial charge on any atom is -0.508 e. The fraction of sp³-hybridized carbons (Fsp3) is 0.158. The molecule has 0 fully saturated rings. The molecule has 26 heavy (non-hydrogen) atoms. The number of carbonyl (C=O) groups is 1. The second kappa shape index (κ2) is 7.47. The number of carbonyl (C=O) groups excluding carboxylic acids is 1. The lowest BCUT2D eigenvalue weighted by Crippen LogP contribution is -2.45. The van der Waals surface area contributed by atoms with E-state index >= 15 is 0 Å². The van der Waals surface area contributed by atoms with Crippen LogP contribution >= 0.6 is 28.1 Å². The van der Waals surface area contributed by atoms with Gasteiger partial charge < -0.3 is 21.1 Å². The largest absolute Gasteiger partial charge is 0.508 e. The second-order valence-electron chi connectivity index (χ2n) is 6.09. The summed E-state index contributed by atoms with van der Waals surface area (Å²) in [6.45, 7) is 3.78. The molecule has 7 heteroatoms. The van der Waals surface area contributed by atoms with Gasteiger partial charge in [0.15, 0.2) is 5.11 Å². The maximum Gasteiger partial charge on any atom is 0.255 e. The van der Waals surface area contributed by atoms with Crippen LogP contribution in [0, 0.1) is 6.92 Å². The number of thiocarbonyl (C=S) groups is 1. The first-order valence-electron chi connectivity index (χ1n) is 8.00. The molecule has 5 nitrogen and oxygen atoms in total. The number of phenolic OH excluding ortho intramolecular Hbond substituents is 1. The first-order chi connectivity index (χ1) is 12.3. The lowest BCUT2D eigenvalue weighted by molar-refractivity contribution is -0.113. The molecule has 0 aliphatic carbocycles. The van der Waals surface area contributed by atoms with E-state index in [0.29, 0.717) is 27.6 Å². The Morgan fingerprint density at radius 1 is 1.19 bits per heavy atom. The minimum atomic E-state index is -0.563. The van der Waals surface area contributed by atoms with E-state index in [1.807, 2.05) is 31.2 Å². The van der Waals surface area contributed by atoms with Gasteiger partial charge in [0.1, 0.15) is 5.75 Å². The van der Waals surface area contributed by atoms with Crippen molar-refractivity contribution in [2.24, 2.45) is 0 Å². The van der Waals surface area contributed by atoms with Crippen molar-refractivity contribution in [1.29, 1.82) is 0 Å². The molecule has 1 atom stereocenters. The van der Waals surface area contributed by atoms with Crippen molar-refractivity contribution in [2.45, 2.75) is 19.9 Å². The molecule has 1 aliphatic rings. The van der Waals surface area contributed by atoms with Crippen molar-refractivity contribution in [3.8, 4) is 5.75 Å². The molecule has 0 spiro atoms. The quantitative estimate of drug-likeness (QED) is 0.554. The molecule has 0 aromatic heterocycles. The van der Waals surface area contributed by atoms with Crippen LogP contribution in [-0.2, 0) is 4.79 Å². The van der Waals surface area contributed by atoms with Gasteiger partial charge in [0.2, 0.25) is 0 Å². The Hall–Kier alpha value is -2.38. The Kier molecular flexibility index (Phi) is 5.29. The lowest BCUT2D eigenvalue weighted by Gasteiger charge is -2.30. The molecule has 1 unspecified atom stereocenters. The smallest absolute Gasteiger partial charge is 0.255 e. The number of rotatable bonds is 3. The SMILES string of the molecule is CC1=C(C(=O)Nc2ccc(C)cc2)C(c2cc(Br)ccc2O)NC(=S)N1. The van der Waals surface area contributed by atoms with Gasteiger partial charge in [-0.2, -0.15) is 0 Å². The summed E-state index contributed by atoms with van der Waals surface area (Å²) in [7, 11) is 0. The highest BCUT2D eigenvalue weighted by molar-refractivity contribution is 9.10. The molecule has 2 aromatic carbocycles. The van der Waals surface area contributed by atoms with E-state index in [0.717, 1.165) is 10.0 Å². The standard InChI is InChI=1S/C19H18BrN3O2S/c1-10-3-6-13(7-4-10)22-18(25)16-11(2)21-19(26)23-17(16)14-9-12(20)5-8-15(14)24/h3-9,17,24H,1-2H3,(H,22,25)(H2,21,23,26). The summed E-state index contributed by atoms with van der Waals surface area (Å²) in [6, 6.07) is 12.1. The topological polar surface area (TPSA) is 73.4 Å². The maximum absolute atomic E-state index is 13.0. The Morgan fingerprint density at radius 2 is 1.88 bits per heavy atom. The van der Waals surface area contributed by atoms with Gasteiger partial charge in [-0.15, -0.1) is 0 Å². The molecule has 3 rings (SSSR count). The summed E-state index contributed by atoms with van der Waals surface area (Å²) < 4.78 is 0.799. The predicted octanol–water partition coefficient (Wildman–Crippen LogP) is 3.89. The highest BCUT2D eigenvalue weighted by Crippen LogP contribution is 2.34. The van der Waals surface area contributed by atoms with Crippen molar-refractivity contribution in [1.82, 2.24) is 10.6 Å². The number of benzene rings is 2. The Balaban J connectivity index is 1.98. The fourth-order valence-electron chi connectivity index (χ4n) is 2.82. The van der Waals surface area contributed by atoms with Crippen LogP contribution in [0.1, 0.15) is 24.1 Å². The summed E-state index contributed by atoms with van der Waals surface area (Å²) >= 11 is 8.64. The van der Waals surface area contributed by atoms with Crippen molar-refractivity contribution < 1.29 is 9.90 Å². The monoisotopic (exact) mass is 431 g/mol. The molecule has 1 amide bonds. The number of allylic oxidation sites excluding steroid dienone is 1. The van der Waals surface area contributed by atoms with Crippen LogP contribution in [0.15, 0.2) is 58.2 Å². The Morgan fingerprint density at radius 3 is 2.58 bits per heavy atom. The molecule has 1 heterocycles. The third kappa shape index (κ3) is 3.89. The van der Waals surface area contributed by atoms with E-state index in [1.165, 1.54) is 0 Å². The number of aromatic hydroxyl groups is 1. The van der Waals surface area contributed by atoms with E-state index in [4.69, 9.17) is 12.2 Å². The van der Waals surface area contributed by atoms with Gasteiger partial charge in [-0.1, -0.05) is 33.6 Å². The number of anilines is 1. The number of aryl methyl sites for hydroxylation is 1. The number of nitrogens with one attached hydrogen (secondary N) is 3. The maximum atomic E-state index is 13.0. The summed E-state index contributed by atoms with van der Waals surface area (Å²) in [4.78, 5) is 13.0.